The highest BCUT2D eigenvalue weighted by Crippen LogP contribution is 2.34. The molecule has 0 saturated carbocycles. The molecule has 23 heavy (non-hydrogen) atoms. The van der Waals surface area contributed by atoms with E-state index in [2.05, 4.69) is 0 Å². The fourth-order valence-corrected chi connectivity index (χ4v) is 3.42. The van der Waals surface area contributed by atoms with E-state index >= 15 is 0 Å². The standard InChI is InChI=1S/C18H18O4S/c1-18(13-6-3-2-4-7-13)10-14(21-12-16(18)19)11-22-17(20)15-8-5-9-23-15/h2-9,14H,10-12H2,1H3. The van der Waals surface area contributed by atoms with Crippen molar-refractivity contribution >= 4 is 23.1 Å². The first-order chi connectivity index (χ1) is 11.1. The van der Waals surface area contributed by atoms with Crippen LogP contribution in [0.3, 0.4) is 0 Å². The number of Topliss-reactive ketones (excluding diaryl/α,β-unsaturated/α-hetero) is 1. The molecular weight excluding hydrogens is 312 g/mol. The highest BCUT2D eigenvalue weighted by atomic mass is 32.1. The summed E-state index contributed by atoms with van der Waals surface area (Å²) < 4.78 is 10.9. The van der Waals surface area contributed by atoms with Crippen molar-refractivity contribution in [1.82, 2.24) is 0 Å². The first-order valence-electron chi connectivity index (χ1n) is 7.50. The van der Waals surface area contributed by atoms with Crippen LogP contribution < -0.4 is 0 Å². The molecule has 0 radical (unpaired) electrons. The van der Waals surface area contributed by atoms with Crippen LogP contribution in [0, 0.1) is 0 Å². The van der Waals surface area contributed by atoms with Crippen molar-refractivity contribution in [2.24, 2.45) is 0 Å². The molecule has 0 spiro atoms. The van der Waals surface area contributed by atoms with Gasteiger partial charge in [-0.05, 0) is 30.4 Å². The lowest BCUT2D eigenvalue weighted by atomic mass is 9.73. The predicted molar refractivity (Wildman–Crippen MR) is 87.8 cm³/mol. The Morgan fingerprint density at radius 1 is 1.30 bits per heavy atom. The Morgan fingerprint density at radius 2 is 2.09 bits per heavy atom. The predicted octanol–water partition coefficient (Wildman–Crippen LogP) is 3.22. The number of hydrogen-bond acceptors (Lipinski definition) is 5. The van der Waals surface area contributed by atoms with Crippen LogP contribution in [0.5, 0.6) is 0 Å². The molecule has 2 atom stereocenters. The van der Waals surface area contributed by atoms with E-state index in [1.807, 2.05) is 48.7 Å². The lowest BCUT2D eigenvalue weighted by Crippen LogP contribution is -2.46. The Balaban J connectivity index is 1.66. The van der Waals surface area contributed by atoms with E-state index < -0.39 is 5.41 Å². The normalized spacial score (nSPS) is 24.4. The van der Waals surface area contributed by atoms with Crippen LogP contribution in [0.2, 0.25) is 0 Å². The van der Waals surface area contributed by atoms with Crippen molar-refractivity contribution in [3.63, 3.8) is 0 Å². The minimum Gasteiger partial charge on any atom is -0.459 e. The number of ether oxygens (including phenoxy) is 2. The summed E-state index contributed by atoms with van der Waals surface area (Å²) in [6, 6.07) is 13.2. The number of carbonyl (C=O) groups excluding carboxylic acids is 2. The molecule has 2 heterocycles. The van der Waals surface area contributed by atoms with E-state index in [0.717, 1.165) is 5.56 Å². The molecule has 0 aliphatic carbocycles. The Morgan fingerprint density at radius 3 is 2.78 bits per heavy atom. The molecule has 1 fully saturated rings. The van der Waals surface area contributed by atoms with Crippen molar-refractivity contribution in [1.29, 1.82) is 0 Å². The van der Waals surface area contributed by atoms with Gasteiger partial charge < -0.3 is 9.47 Å². The zero-order valence-electron chi connectivity index (χ0n) is 12.9. The molecule has 2 unspecified atom stereocenters. The third kappa shape index (κ3) is 3.35. The topological polar surface area (TPSA) is 52.6 Å². The monoisotopic (exact) mass is 330 g/mol. The van der Waals surface area contributed by atoms with E-state index in [0.29, 0.717) is 11.3 Å². The molecule has 5 heteroatoms. The number of hydrogen-bond donors (Lipinski definition) is 0. The largest absolute Gasteiger partial charge is 0.459 e. The van der Waals surface area contributed by atoms with Crippen LogP contribution in [0.1, 0.15) is 28.6 Å². The van der Waals surface area contributed by atoms with E-state index in [-0.39, 0.29) is 31.1 Å². The smallest absolute Gasteiger partial charge is 0.348 e. The molecule has 1 aromatic carbocycles. The van der Waals surface area contributed by atoms with Crippen molar-refractivity contribution in [2.45, 2.75) is 24.9 Å². The summed E-state index contributed by atoms with van der Waals surface area (Å²) in [5, 5.41) is 1.83. The first kappa shape index (κ1) is 15.9. The number of carbonyl (C=O) groups is 2. The molecule has 1 saturated heterocycles. The number of rotatable bonds is 4. The van der Waals surface area contributed by atoms with Gasteiger partial charge in [-0.1, -0.05) is 36.4 Å². The van der Waals surface area contributed by atoms with Gasteiger partial charge in [-0.15, -0.1) is 11.3 Å². The molecule has 1 aliphatic rings. The van der Waals surface area contributed by atoms with Crippen molar-refractivity contribution in [3.05, 3.63) is 58.3 Å². The molecule has 3 rings (SSSR count). The molecule has 4 nitrogen and oxygen atoms in total. The average Bonchev–Trinajstić information content (AvgIpc) is 3.11. The minimum atomic E-state index is -0.598. The molecular formula is C18H18O4S. The van der Waals surface area contributed by atoms with Gasteiger partial charge in [-0.25, -0.2) is 4.79 Å². The summed E-state index contributed by atoms with van der Waals surface area (Å²) in [7, 11) is 0. The second-order valence-electron chi connectivity index (χ2n) is 5.83. The first-order valence-corrected chi connectivity index (χ1v) is 8.38. The van der Waals surface area contributed by atoms with Gasteiger partial charge in [-0.3, -0.25) is 4.79 Å². The van der Waals surface area contributed by atoms with Gasteiger partial charge in [0.15, 0.2) is 5.78 Å². The van der Waals surface area contributed by atoms with Gasteiger partial charge in [0.25, 0.3) is 0 Å². The molecule has 1 aliphatic heterocycles. The fourth-order valence-electron chi connectivity index (χ4n) is 2.81. The summed E-state index contributed by atoms with van der Waals surface area (Å²) in [5.41, 5.74) is 0.377. The average molecular weight is 330 g/mol. The maximum atomic E-state index is 12.4. The van der Waals surface area contributed by atoms with Gasteiger partial charge in [-0.2, -0.15) is 0 Å². The highest BCUT2D eigenvalue weighted by molar-refractivity contribution is 7.11. The lowest BCUT2D eigenvalue weighted by molar-refractivity contribution is -0.141. The maximum absolute atomic E-state index is 12.4. The molecule has 2 aromatic rings. The van der Waals surface area contributed by atoms with E-state index in [4.69, 9.17) is 9.47 Å². The van der Waals surface area contributed by atoms with Crippen molar-refractivity contribution < 1.29 is 19.1 Å². The molecule has 0 bridgehead atoms. The Labute approximate surface area is 139 Å². The Hall–Kier alpha value is -1.98. The Kier molecular flexibility index (Phi) is 4.59. The van der Waals surface area contributed by atoms with Crippen LogP contribution in [-0.4, -0.2) is 31.1 Å². The third-order valence-corrected chi connectivity index (χ3v) is 5.08. The summed E-state index contributed by atoms with van der Waals surface area (Å²) in [6.07, 6.45) is 0.231. The molecule has 120 valence electrons. The minimum absolute atomic E-state index is 0.0482. The van der Waals surface area contributed by atoms with Crippen LogP contribution in [0.4, 0.5) is 0 Å². The van der Waals surface area contributed by atoms with Gasteiger partial charge in [0.05, 0.1) is 11.5 Å². The second-order valence-corrected chi connectivity index (χ2v) is 6.78. The maximum Gasteiger partial charge on any atom is 0.348 e. The second kappa shape index (κ2) is 6.64. The van der Waals surface area contributed by atoms with Gasteiger partial charge in [0, 0.05) is 0 Å². The number of esters is 1. The van der Waals surface area contributed by atoms with Gasteiger partial charge in [0.1, 0.15) is 18.1 Å². The number of thiophene rings is 1. The van der Waals surface area contributed by atoms with E-state index in [9.17, 15) is 9.59 Å². The summed E-state index contributed by atoms with van der Waals surface area (Å²) in [5.74, 6) is -0.286. The van der Waals surface area contributed by atoms with Crippen LogP contribution >= 0.6 is 11.3 Å². The van der Waals surface area contributed by atoms with Crippen molar-refractivity contribution in [2.75, 3.05) is 13.2 Å². The number of ketones is 1. The lowest BCUT2D eigenvalue weighted by Gasteiger charge is -2.36. The highest BCUT2D eigenvalue weighted by Gasteiger charge is 2.41. The summed E-state index contributed by atoms with van der Waals surface area (Å²) in [4.78, 5) is 24.8. The number of benzene rings is 1. The quantitative estimate of drug-likeness (QED) is 0.808. The summed E-state index contributed by atoms with van der Waals surface area (Å²) >= 11 is 1.35. The van der Waals surface area contributed by atoms with E-state index in [1.165, 1.54) is 11.3 Å². The molecule has 0 N–H and O–H groups in total. The van der Waals surface area contributed by atoms with Crippen LogP contribution in [0.15, 0.2) is 47.8 Å². The third-order valence-electron chi connectivity index (χ3n) is 4.24. The van der Waals surface area contributed by atoms with Gasteiger partial charge >= 0.3 is 5.97 Å². The van der Waals surface area contributed by atoms with Crippen LogP contribution in [-0.2, 0) is 19.7 Å². The molecule has 0 amide bonds. The molecule has 1 aromatic heterocycles. The zero-order valence-corrected chi connectivity index (χ0v) is 13.7. The fraction of sp³-hybridized carbons (Fsp3) is 0.333. The van der Waals surface area contributed by atoms with Crippen LogP contribution in [0.25, 0.3) is 0 Å². The Bertz CT molecular complexity index is 680. The summed E-state index contributed by atoms with van der Waals surface area (Å²) in [6.45, 7) is 2.14. The van der Waals surface area contributed by atoms with E-state index in [1.54, 1.807) is 6.07 Å². The zero-order chi connectivity index (χ0) is 16.3. The SMILES string of the molecule is CC1(c2ccccc2)CC(COC(=O)c2cccs2)OCC1=O. The van der Waals surface area contributed by atoms with Crippen molar-refractivity contribution in [3.8, 4) is 0 Å². The van der Waals surface area contributed by atoms with Gasteiger partial charge in [0.2, 0.25) is 0 Å².